The molecule has 0 fully saturated rings. The van der Waals surface area contributed by atoms with Crippen molar-refractivity contribution in [2.24, 2.45) is 0 Å². The van der Waals surface area contributed by atoms with Crippen molar-refractivity contribution in [2.75, 3.05) is 23.3 Å². The summed E-state index contributed by atoms with van der Waals surface area (Å²) in [5.74, 6) is 1.75. The molecule has 0 aromatic carbocycles. The van der Waals surface area contributed by atoms with Crippen LogP contribution in [0.2, 0.25) is 0 Å². The molecular formula is C14H18N4S. The summed E-state index contributed by atoms with van der Waals surface area (Å²) in [6.45, 7) is 5.05. The molecule has 1 N–H and O–H groups in total. The molecule has 19 heavy (non-hydrogen) atoms. The third-order valence-corrected chi connectivity index (χ3v) is 4.33. The lowest BCUT2D eigenvalue weighted by molar-refractivity contribution is 0.730. The minimum absolute atomic E-state index is 0.732. The molecule has 2 aromatic rings. The molecule has 3 heterocycles. The molecule has 1 aliphatic rings. The van der Waals surface area contributed by atoms with Gasteiger partial charge in [-0.15, -0.1) is 11.3 Å². The first-order valence-corrected chi connectivity index (χ1v) is 7.62. The maximum Gasteiger partial charge on any atom is 0.224 e. The van der Waals surface area contributed by atoms with E-state index >= 15 is 0 Å². The summed E-state index contributed by atoms with van der Waals surface area (Å²) in [6, 6.07) is 4.22. The molecule has 0 saturated heterocycles. The standard InChI is InChI=1S/C14H18N4S/c1-2-6-15-14-16-7-3-13(17-14)18-8-4-12-11(10-18)5-9-19-12/h3,5,7,9H,2,4,6,8,10H2,1H3,(H,15,16,17). The highest BCUT2D eigenvalue weighted by atomic mass is 32.1. The van der Waals surface area contributed by atoms with E-state index in [1.807, 2.05) is 23.6 Å². The van der Waals surface area contributed by atoms with E-state index in [9.17, 15) is 0 Å². The van der Waals surface area contributed by atoms with Gasteiger partial charge in [-0.2, -0.15) is 4.98 Å². The number of anilines is 2. The van der Waals surface area contributed by atoms with Crippen molar-refractivity contribution in [3.63, 3.8) is 0 Å². The monoisotopic (exact) mass is 274 g/mol. The lowest BCUT2D eigenvalue weighted by Gasteiger charge is -2.28. The highest BCUT2D eigenvalue weighted by Gasteiger charge is 2.18. The van der Waals surface area contributed by atoms with E-state index < -0.39 is 0 Å². The predicted octanol–water partition coefficient (Wildman–Crippen LogP) is 2.92. The Labute approximate surface area is 117 Å². The first kappa shape index (κ1) is 12.4. The van der Waals surface area contributed by atoms with Gasteiger partial charge in [0, 0.05) is 30.7 Å². The summed E-state index contributed by atoms with van der Waals surface area (Å²) < 4.78 is 0. The van der Waals surface area contributed by atoms with Crippen molar-refractivity contribution < 1.29 is 0 Å². The zero-order valence-corrected chi connectivity index (χ0v) is 11.9. The van der Waals surface area contributed by atoms with Gasteiger partial charge >= 0.3 is 0 Å². The SMILES string of the molecule is CCCNc1nccc(N2CCc3sccc3C2)n1. The molecule has 0 amide bonds. The summed E-state index contributed by atoms with van der Waals surface area (Å²) in [5, 5.41) is 5.42. The Kier molecular flexibility index (Phi) is 3.64. The highest BCUT2D eigenvalue weighted by Crippen LogP contribution is 2.26. The van der Waals surface area contributed by atoms with Crippen LogP contribution in [-0.4, -0.2) is 23.1 Å². The lowest BCUT2D eigenvalue weighted by atomic mass is 10.1. The Hall–Kier alpha value is -1.62. The van der Waals surface area contributed by atoms with Gasteiger partial charge < -0.3 is 10.2 Å². The highest BCUT2D eigenvalue weighted by molar-refractivity contribution is 7.10. The average molecular weight is 274 g/mol. The van der Waals surface area contributed by atoms with Crippen LogP contribution >= 0.6 is 11.3 Å². The van der Waals surface area contributed by atoms with Crippen molar-refractivity contribution in [3.05, 3.63) is 34.2 Å². The van der Waals surface area contributed by atoms with E-state index in [1.54, 1.807) is 0 Å². The van der Waals surface area contributed by atoms with Crippen molar-refractivity contribution in [3.8, 4) is 0 Å². The van der Waals surface area contributed by atoms with Crippen LogP contribution in [-0.2, 0) is 13.0 Å². The second kappa shape index (κ2) is 5.57. The summed E-state index contributed by atoms with van der Waals surface area (Å²) in [6.07, 6.45) is 4.04. The van der Waals surface area contributed by atoms with Gasteiger partial charge in [0.05, 0.1) is 0 Å². The van der Waals surface area contributed by atoms with E-state index in [0.29, 0.717) is 0 Å². The minimum Gasteiger partial charge on any atom is -0.354 e. The second-order valence-corrected chi connectivity index (χ2v) is 5.71. The van der Waals surface area contributed by atoms with Gasteiger partial charge in [0.15, 0.2) is 0 Å². The summed E-state index contributed by atoms with van der Waals surface area (Å²) in [4.78, 5) is 12.7. The molecule has 0 aliphatic carbocycles. The smallest absolute Gasteiger partial charge is 0.224 e. The van der Waals surface area contributed by atoms with Crippen LogP contribution in [0.15, 0.2) is 23.7 Å². The molecule has 0 spiro atoms. The zero-order valence-electron chi connectivity index (χ0n) is 11.1. The number of nitrogens with one attached hydrogen (secondary N) is 1. The first-order valence-electron chi connectivity index (χ1n) is 6.74. The van der Waals surface area contributed by atoms with Gasteiger partial charge in [-0.1, -0.05) is 6.92 Å². The Morgan fingerprint density at radius 3 is 3.26 bits per heavy atom. The topological polar surface area (TPSA) is 41.1 Å². The minimum atomic E-state index is 0.732. The van der Waals surface area contributed by atoms with Crippen molar-refractivity contribution >= 4 is 23.1 Å². The molecule has 3 rings (SSSR count). The number of hydrogen-bond donors (Lipinski definition) is 1. The van der Waals surface area contributed by atoms with Crippen molar-refractivity contribution in [2.45, 2.75) is 26.3 Å². The van der Waals surface area contributed by atoms with Crippen LogP contribution in [0.1, 0.15) is 23.8 Å². The average Bonchev–Trinajstić information content (AvgIpc) is 2.92. The number of hydrogen-bond acceptors (Lipinski definition) is 5. The molecule has 100 valence electrons. The number of fused-ring (bicyclic) bond motifs is 1. The quantitative estimate of drug-likeness (QED) is 0.930. The Morgan fingerprint density at radius 2 is 2.37 bits per heavy atom. The third-order valence-electron chi connectivity index (χ3n) is 3.31. The van der Waals surface area contributed by atoms with E-state index in [-0.39, 0.29) is 0 Å². The number of thiophene rings is 1. The molecule has 0 atom stereocenters. The molecule has 5 heteroatoms. The van der Waals surface area contributed by atoms with E-state index in [2.05, 4.69) is 38.6 Å². The largest absolute Gasteiger partial charge is 0.354 e. The van der Waals surface area contributed by atoms with Gasteiger partial charge in [-0.25, -0.2) is 4.98 Å². The van der Waals surface area contributed by atoms with Crippen LogP contribution in [0.3, 0.4) is 0 Å². The fourth-order valence-corrected chi connectivity index (χ4v) is 3.18. The molecule has 0 saturated carbocycles. The second-order valence-electron chi connectivity index (χ2n) is 4.71. The van der Waals surface area contributed by atoms with Crippen molar-refractivity contribution in [1.29, 1.82) is 0 Å². The van der Waals surface area contributed by atoms with E-state index in [1.165, 1.54) is 10.4 Å². The molecular weight excluding hydrogens is 256 g/mol. The van der Waals surface area contributed by atoms with Gasteiger partial charge in [0.25, 0.3) is 0 Å². The van der Waals surface area contributed by atoms with Crippen LogP contribution < -0.4 is 10.2 Å². The number of aromatic nitrogens is 2. The Balaban J connectivity index is 1.76. The molecule has 1 aliphatic heterocycles. The van der Waals surface area contributed by atoms with E-state index in [4.69, 9.17) is 0 Å². The maximum atomic E-state index is 4.60. The van der Waals surface area contributed by atoms with Gasteiger partial charge in [0.1, 0.15) is 5.82 Å². The summed E-state index contributed by atoms with van der Waals surface area (Å²) in [7, 11) is 0. The van der Waals surface area contributed by atoms with Gasteiger partial charge in [-0.3, -0.25) is 0 Å². The molecule has 0 unspecified atom stereocenters. The fraction of sp³-hybridized carbons (Fsp3) is 0.429. The molecule has 0 bridgehead atoms. The zero-order chi connectivity index (χ0) is 13.1. The van der Waals surface area contributed by atoms with E-state index in [0.717, 1.165) is 44.2 Å². The molecule has 4 nitrogen and oxygen atoms in total. The number of rotatable bonds is 4. The normalized spacial score (nSPS) is 14.3. The van der Waals surface area contributed by atoms with Gasteiger partial charge in [0.2, 0.25) is 5.95 Å². The van der Waals surface area contributed by atoms with Crippen LogP contribution in [0.25, 0.3) is 0 Å². The van der Waals surface area contributed by atoms with Crippen LogP contribution in [0, 0.1) is 0 Å². The third kappa shape index (κ3) is 2.71. The Bertz CT molecular complexity index is 552. The lowest BCUT2D eigenvalue weighted by Crippen LogP contribution is -2.30. The number of nitrogens with zero attached hydrogens (tertiary/aromatic N) is 3. The summed E-state index contributed by atoms with van der Waals surface area (Å²) in [5.41, 5.74) is 1.44. The Morgan fingerprint density at radius 1 is 1.42 bits per heavy atom. The first-order chi connectivity index (χ1) is 9.36. The van der Waals surface area contributed by atoms with Crippen LogP contribution in [0.4, 0.5) is 11.8 Å². The fourth-order valence-electron chi connectivity index (χ4n) is 2.29. The summed E-state index contributed by atoms with van der Waals surface area (Å²) >= 11 is 1.87. The predicted molar refractivity (Wildman–Crippen MR) is 79.9 cm³/mol. The van der Waals surface area contributed by atoms with Crippen LogP contribution in [0.5, 0.6) is 0 Å². The van der Waals surface area contributed by atoms with Gasteiger partial charge in [-0.05, 0) is 35.9 Å². The maximum absolute atomic E-state index is 4.60. The molecule has 2 aromatic heterocycles. The molecule has 0 radical (unpaired) electrons. The van der Waals surface area contributed by atoms with Crippen molar-refractivity contribution in [1.82, 2.24) is 9.97 Å².